The number of nitrogens with one attached hydrogen (secondary N) is 1. The lowest BCUT2D eigenvalue weighted by Gasteiger charge is -2.31. The van der Waals surface area contributed by atoms with Gasteiger partial charge in [-0.1, -0.05) is 38.1 Å². The van der Waals surface area contributed by atoms with E-state index in [1.54, 1.807) is 5.56 Å². The van der Waals surface area contributed by atoms with Crippen LogP contribution < -0.4 is 5.32 Å². The van der Waals surface area contributed by atoms with Gasteiger partial charge in [0.15, 0.2) is 0 Å². The van der Waals surface area contributed by atoms with E-state index in [0.717, 1.165) is 24.9 Å². The first-order valence-corrected chi connectivity index (χ1v) is 8.78. The van der Waals surface area contributed by atoms with Crippen LogP contribution in [0.2, 0.25) is 0 Å². The molecule has 0 aliphatic carbocycles. The summed E-state index contributed by atoms with van der Waals surface area (Å²) in [6.07, 6.45) is 5.42. The zero-order valence-corrected chi connectivity index (χ0v) is 13.6. The minimum Gasteiger partial charge on any atom is -0.313 e. The highest BCUT2D eigenvalue weighted by Crippen LogP contribution is 2.33. The maximum absolute atomic E-state index is 3.59. The summed E-state index contributed by atoms with van der Waals surface area (Å²) in [6, 6.07) is 9.68. The summed E-state index contributed by atoms with van der Waals surface area (Å²) < 4.78 is 0. The molecule has 0 amide bonds. The molecule has 3 rings (SSSR count). The molecule has 0 radical (unpaired) electrons. The Morgan fingerprint density at radius 1 is 1.10 bits per heavy atom. The van der Waals surface area contributed by atoms with E-state index in [-0.39, 0.29) is 0 Å². The van der Waals surface area contributed by atoms with Crippen molar-refractivity contribution in [1.29, 1.82) is 0 Å². The number of nitrogens with zero attached hydrogens (tertiary/aromatic N) is 1. The van der Waals surface area contributed by atoms with Gasteiger partial charge in [-0.15, -0.1) is 0 Å². The van der Waals surface area contributed by atoms with E-state index in [9.17, 15) is 0 Å². The summed E-state index contributed by atoms with van der Waals surface area (Å²) in [5.74, 6) is 1.77. The van der Waals surface area contributed by atoms with Crippen LogP contribution in [0.5, 0.6) is 0 Å². The molecule has 2 heteroatoms. The highest BCUT2D eigenvalue weighted by molar-refractivity contribution is 5.31. The number of likely N-dealkylation sites (tertiary alicyclic amines) is 1. The van der Waals surface area contributed by atoms with E-state index in [4.69, 9.17) is 0 Å². The molecular weight excluding hydrogens is 256 g/mol. The zero-order chi connectivity index (χ0) is 14.7. The Labute approximate surface area is 129 Å². The Balaban J connectivity index is 1.77. The fourth-order valence-corrected chi connectivity index (χ4v) is 4.14. The van der Waals surface area contributed by atoms with E-state index >= 15 is 0 Å². The summed E-state index contributed by atoms with van der Waals surface area (Å²) in [6.45, 7) is 9.53. The first-order chi connectivity index (χ1) is 10.3. The van der Waals surface area contributed by atoms with Crippen molar-refractivity contribution in [3.63, 3.8) is 0 Å². The summed E-state index contributed by atoms with van der Waals surface area (Å²) >= 11 is 0. The van der Waals surface area contributed by atoms with Crippen molar-refractivity contribution >= 4 is 0 Å². The van der Waals surface area contributed by atoms with E-state index < -0.39 is 0 Å². The molecule has 2 unspecified atom stereocenters. The van der Waals surface area contributed by atoms with E-state index in [1.807, 2.05) is 0 Å². The highest BCUT2D eigenvalue weighted by Gasteiger charge is 2.27. The largest absolute Gasteiger partial charge is 0.313 e. The topological polar surface area (TPSA) is 15.3 Å². The van der Waals surface area contributed by atoms with Crippen LogP contribution in [0.25, 0.3) is 0 Å². The molecule has 0 saturated carbocycles. The van der Waals surface area contributed by atoms with Gasteiger partial charge in [0.1, 0.15) is 0 Å². The second kappa shape index (κ2) is 6.93. The van der Waals surface area contributed by atoms with Crippen LogP contribution in [0.15, 0.2) is 24.3 Å². The summed E-state index contributed by atoms with van der Waals surface area (Å²) in [4.78, 5) is 2.77. The van der Waals surface area contributed by atoms with Gasteiger partial charge in [-0.25, -0.2) is 0 Å². The lowest BCUT2D eigenvalue weighted by Crippen LogP contribution is -2.31. The molecule has 0 bridgehead atoms. The van der Waals surface area contributed by atoms with Gasteiger partial charge in [0.25, 0.3) is 0 Å². The maximum atomic E-state index is 3.59. The van der Waals surface area contributed by atoms with Crippen LogP contribution in [-0.4, -0.2) is 24.5 Å². The summed E-state index contributed by atoms with van der Waals surface area (Å²) in [5.41, 5.74) is 3.08. The zero-order valence-electron chi connectivity index (χ0n) is 13.6. The number of fused-ring (bicyclic) bond motifs is 1. The molecule has 1 aromatic carbocycles. The van der Waals surface area contributed by atoms with Crippen LogP contribution in [0, 0.1) is 11.8 Å². The number of benzene rings is 1. The first kappa shape index (κ1) is 15.1. The van der Waals surface area contributed by atoms with E-state index in [1.165, 1.54) is 44.3 Å². The second-order valence-electron chi connectivity index (χ2n) is 7.15. The van der Waals surface area contributed by atoms with Gasteiger partial charge in [0, 0.05) is 12.6 Å². The first-order valence-electron chi connectivity index (χ1n) is 8.78. The lowest BCUT2D eigenvalue weighted by atomic mass is 9.89. The minimum atomic E-state index is 0.627. The molecule has 1 fully saturated rings. The molecule has 21 heavy (non-hydrogen) atoms. The number of hydrogen-bond acceptors (Lipinski definition) is 2. The third kappa shape index (κ3) is 3.49. The standard InChI is InChI=1S/C19H30N2/c1-15(2)16-7-5-12-21(13-10-16)19-9-11-20-14-17-6-3-4-8-18(17)19/h3-4,6,8,15-16,19-20H,5,7,9-14H2,1-2H3. The van der Waals surface area contributed by atoms with Crippen molar-refractivity contribution < 1.29 is 0 Å². The third-order valence-electron chi connectivity index (χ3n) is 5.52. The molecule has 2 atom stereocenters. The Morgan fingerprint density at radius 3 is 2.81 bits per heavy atom. The van der Waals surface area contributed by atoms with Crippen LogP contribution in [0.3, 0.4) is 0 Å². The Hall–Kier alpha value is -0.860. The molecule has 1 saturated heterocycles. The lowest BCUT2D eigenvalue weighted by molar-refractivity contribution is 0.191. The van der Waals surface area contributed by atoms with Crippen LogP contribution in [0.4, 0.5) is 0 Å². The molecule has 0 spiro atoms. The van der Waals surface area contributed by atoms with Crippen molar-refractivity contribution in [3.05, 3.63) is 35.4 Å². The van der Waals surface area contributed by atoms with Gasteiger partial charge in [-0.2, -0.15) is 0 Å². The molecular formula is C19H30N2. The summed E-state index contributed by atoms with van der Waals surface area (Å²) in [7, 11) is 0. The predicted molar refractivity (Wildman–Crippen MR) is 89.3 cm³/mol. The van der Waals surface area contributed by atoms with Crippen LogP contribution >= 0.6 is 0 Å². The fourth-order valence-electron chi connectivity index (χ4n) is 4.14. The van der Waals surface area contributed by atoms with E-state index in [0.29, 0.717) is 6.04 Å². The van der Waals surface area contributed by atoms with Gasteiger partial charge in [-0.3, -0.25) is 4.90 Å². The van der Waals surface area contributed by atoms with Gasteiger partial charge in [0.05, 0.1) is 0 Å². The van der Waals surface area contributed by atoms with Crippen molar-refractivity contribution in [2.24, 2.45) is 11.8 Å². The predicted octanol–water partition coefficient (Wildman–Crippen LogP) is 3.98. The van der Waals surface area contributed by atoms with Gasteiger partial charge >= 0.3 is 0 Å². The monoisotopic (exact) mass is 286 g/mol. The van der Waals surface area contributed by atoms with Crippen LogP contribution in [-0.2, 0) is 6.54 Å². The van der Waals surface area contributed by atoms with E-state index in [2.05, 4.69) is 48.3 Å². The average molecular weight is 286 g/mol. The van der Waals surface area contributed by atoms with Crippen molar-refractivity contribution in [2.75, 3.05) is 19.6 Å². The Bertz CT molecular complexity index is 455. The second-order valence-corrected chi connectivity index (χ2v) is 7.15. The molecule has 2 aliphatic heterocycles. The SMILES string of the molecule is CC(C)C1CCCN(C2CCNCc3ccccc32)CC1. The van der Waals surface area contributed by atoms with Gasteiger partial charge in [0.2, 0.25) is 0 Å². The molecule has 2 heterocycles. The highest BCUT2D eigenvalue weighted by atomic mass is 15.2. The quantitative estimate of drug-likeness (QED) is 0.884. The molecule has 2 aliphatic rings. The van der Waals surface area contributed by atoms with Gasteiger partial charge < -0.3 is 5.32 Å². The Kier molecular flexibility index (Phi) is 4.97. The van der Waals surface area contributed by atoms with Crippen LogP contribution in [0.1, 0.15) is 56.7 Å². The normalized spacial score (nSPS) is 28.0. The number of hydrogen-bond donors (Lipinski definition) is 1. The molecule has 0 aromatic heterocycles. The molecule has 1 aromatic rings. The Morgan fingerprint density at radius 2 is 1.95 bits per heavy atom. The van der Waals surface area contributed by atoms with Crippen molar-refractivity contribution in [3.8, 4) is 0 Å². The fraction of sp³-hybridized carbons (Fsp3) is 0.684. The maximum Gasteiger partial charge on any atom is 0.0363 e. The minimum absolute atomic E-state index is 0.627. The number of rotatable bonds is 2. The molecule has 1 N–H and O–H groups in total. The van der Waals surface area contributed by atoms with Crippen molar-refractivity contribution in [2.45, 2.75) is 52.1 Å². The third-order valence-corrected chi connectivity index (χ3v) is 5.52. The van der Waals surface area contributed by atoms with Crippen molar-refractivity contribution in [1.82, 2.24) is 10.2 Å². The smallest absolute Gasteiger partial charge is 0.0363 e. The molecule has 2 nitrogen and oxygen atoms in total. The molecule has 116 valence electrons. The van der Waals surface area contributed by atoms with Gasteiger partial charge in [-0.05, 0) is 68.3 Å². The average Bonchev–Trinajstić information content (AvgIpc) is 2.85. The summed E-state index contributed by atoms with van der Waals surface area (Å²) in [5, 5.41) is 3.59.